The number of rotatable bonds is 5. The van der Waals surface area contributed by atoms with E-state index in [1.54, 1.807) is 0 Å². The van der Waals surface area contributed by atoms with Crippen LogP contribution in [0.3, 0.4) is 0 Å². The van der Waals surface area contributed by atoms with Crippen molar-refractivity contribution in [3.63, 3.8) is 0 Å². The summed E-state index contributed by atoms with van der Waals surface area (Å²) in [6.07, 6.45) is -0.597. The van der Waals surface area contributed by atoms with Crippen LogP contribution in [0.1, 0.15) is 0 Å². The van der Waals surface area contributed by atoms with Crippen molar-refractivity contribution in [1.82, 2.24) is 4.72 Å². The van der Waals surface area contributed by atoms with Gasteiger partial charge in [0.05, 0.1) is 16.7 Å². The molecule has 0 aliphatic heterocycles. The van der Waals surface area contributed by atoms with Crippen molar-refractivity contribution in [3.05, 3.63) is 18.2 Å². The summed E-state index contributed by atoms with van der Waals surface area (Å²) in [6.45, 7) is -0.395. The molecule has 1 rings (SSSR count). The minimum absolute atomic E-state index is 0.104. The number of phenolic OH excluding ortho intramolecular Hbond substituents is 1. The van der Waals surface area contributed by atoms with E-state index in [4.69, 9.17) is 20.6 Å². The van der Waals surface area contributed by atoms with Gasteiger partial charge in [0.2, 0.25) is 10.0 Å². The van der Waals surface area contributed by atoms with Gasteiger partial charge >= 0.3 is 7.60 Å². The first kappa shape index (κ1) is 14.9. The first-order valence-electron chi connectivity index (χ1n) is 4.74. The average Bonchev–Trinajstić information content (AvgIpc) is 2.19. The lowest BCUT2D eigenvalue weighted by atomic mass is 10.3. The lowest BCUT2D eigenvalue weighted by Crippen LogP contribution is -2.26. The fourth-order valence-electron chi connectivity index (χ4n) is 1.11. The maximum Gasteiger partial charge on any atom is 0.326 e. The highest BCUT2D eigenvalue weighted by molar-refractivity contribution is 7.89. The van der Waals surface area contributed by atoms with Crippen molar-refractivity contribution >= 4 is 23.3 Å². The van der Waals surface area contributed by atoms with E-state index in [0.717, 1.165) is 18.2 Å². The van der Waals surface area contributed by atoms with Gasteiger partial charge in [-0.15, -0.1) is 0 Å². The van der Waals surface area contributed by atoms with Crippen molar-refractivity contribution in [1.29, 1.82) is 0 Å². The standard InChI is InChI=1S/C8H13N2O6PS/c9-7-5-6(1-2-8(7)11)18(15,16)10-3-4-17(12,13)14/h1-2,5,10-11H,3-4,9H2,(H2,12,13,14). The van der Waals surface area contributed by atoms with Gasteiger partial charge in [-0.3, -0.25) is 4.57 Å². The number of phenols is 1. The molecule has 0 atom stereocenters. The van der Waals surface area contributed by atoms with Gasteiger partial charge in [-0.25, -0.2) is 13.1 Å². The minimum Gasteiger partial charge on any atom is -0.506 e. The molecule has 10 heteroatoms. The molecule has 0 saturated heterocycles. The second kappa shape index (κ2) is 5.25. The third-order valence-electron chi connectivity index (χ3n) is 2.00. The van der Waals surface area contributed by atoms with E-state index >= 15 is 0 Å². The number of nitrogens with one attached hydrogen (secondary N) is 1. The summed E-state index contributed by atoms with van der Waals surface area (Å²) in [7, 11) is -8.16. The Hall–Kier alpha value is -1.12. The van der Waals surface area contributed by atoms with E-state index < -0.39 is 30.3 Å². The molecule has 1 aromatic carbocycles. The SMILES string of the molecule is Nc1cc(S(=O)(=O)NCCP(=O)(O)O)ccc1O. The van der Waals surface area contributed by atoms with Crippen molar-refractivity contribution in [3.8, 4) is 5.75 Å². The van der Waals surface area contributed by atoms with Gasteiger partial charge in [-0.05, 0) is 18.2 Å². The van der Waals surface area contributed by atoms with E-state index in [9.17, 15) is 13.0 Å². The highest BCUT2D eigenvalue weighted by Crippen LogP contribution is 2.33. The van der Waals surface area contributed by atoms with Gasteiger partial charge in [0.15, 0.2) is 0 Å². The van der Waals surface area contributed by atoms with Crippen LogP contribution >= 0.6 is 7.60 Å². The Balaban J connectivity index is 2.81. The molecule has 18 heavy (non-hydrogen) atoms. The molecule has 6 N–H and O–H groups in total. The molecule has 1 aromatic rings. The summed E-state index contributed by atoms with van der Waals surface area (Å²) in [5.41, 5.74) is 5.24. The van der Waals surface area contributed by atoms with E-state index in [-0.39, 0.29) is 16.3 Å². The van der Waals surface area contributed by atoms with Crippen molar-refractivity contribution in [2.75, 3.05) is 18.4 Å². The van der Waals surface area contributed by atoms with Gasteiger partial charge in [0, 0.05) is 6.54 Å². The fraction of sp³-hybridized carbons (Fsp3) is 0.250. The highest BCUT2D eigenvalue weighted by Gasteiger charge is 2.18. The molecule has 0 amide bonds. The summed E-state index contributed by atoms with van der Waals surface area (Å²) >= 11 is 0. The van der Waals surface area contributed by atoms with Crippen LogP contribution in [0.2, 0.25) is 0 Å². The molecule has 0 bridgehead atoms. The number of hydrogen-bond acceptors (Lipinski definition) is 5. The smallest absolute Gasteiger partial charge is 0.326 e. The zero-order chi connectivity index (χ0) is 14.0. The Bertz CT molecular complexity index is 581. The second-order valence-electron chi connectivity index (χ2n) is 3.51. The summed E-state index contributed by atoms with van der Waals surface area (Å²) in [5.74, 6) is -0.246. The summed E-state index contributed by atoms with van der Waals surface area (Å²) < 4.78 is 35.9. The van der Waals surface area contributed by atoms with E-state index in [1.807, 2.05) is 4.72 Å². The minimum atomic E-state index is -4.25. The third-order valence-corrected chi connectivity index (χ3v) is 4.27. The van der Waals surface area contributed by atoms with Gasteiger partial charge in [-0.1, -0.05) is 0 Å². The predicted molar refractivity (Wildman–Crippen MR) is 64.6 cm³/mol. The van der Waals surface area contributed by atoms with Crippen molar-refractivity contribution < 1.29 is 27.9 Å². The normalized spacial score (nSPS) is 12.6. The molecular formula is C8H13N2O6PS. The van der Waals surface area contributed by atoms with Gasteiger partial charge in [0.25, 0.3) is 0 Å². The molecule has 0 aromatic heterocycles. The van der Waals surface area contributed by atoms with Crippen LogP contribution in [-0.4, -0.2) is 36.0 Å². The molecule has 0 heterocycles. The zero-order valence-electron chi connectivity index (χ0n) is 9.15. The Morgan fingerprint density at radius 1 is 1.33 bits per heavy atom. The Kier molecular flexibility index (Phi) is 4.36. The number of aromatic hydroxyl groups is 1. The van der Waals surface area contributed by atoms with E-state index in [1.165, 1.54) is 0 Å². The number of sulfonamides is 1. The quantitative estimate of drug-likeness (QED) is 0.277. The van der Waals surface area contributed by atoms with Gasteiger partial charge in [0.1, 0.15) is 5.75 Å². The van der Waals surface area contributed by atoms with E-state index in [2.05, 4.69) is 0 Å². The van der Waals surface area contributed by atoms with Crippen molar-refractivity contribution in [2.45, 2.75) is 4.90 Å². The molecular weight excluding hydrogens is 283 g/mol. The van der Waals surface area contributed by atoms with Gasteiger partial charge < -0.3 is 20.6 Å². The largest absolute Gasteiger partial charge is 0.506 e. The third kappa shape index (κ3) is 4.28. The maximum absolute atomic E-state index is 11.7. The fourth-order valence-corrected chi connectivity index (χ4v) is 2.73. The van der Waals surface area contributed by atoms with Crippen LogP contribution in [0.25, 0.3) is 0 Å². The van der Waals surface area contributed by atoms with Crippen LogP contribution in [0.4, 0.5) is 5.69 Å². The number of anilines is 1. The Labute approximate surface area is 104 Å². The summed E-state index contributed by atoms with van der Waals surface area (Å²) in [5, 5.41) is 9.15. The summed E-state index contributed by atoms with van der Waals surface area (Å²) in [4.78, 5) is 17.0. The lowest BCUT2D eigenvalue weighted by Gasteiger charge is -2.08. The topological polar surface area (TPSA) is 150 Å². The van der Waals surface area contributed by atoms with Crippen LogP contribution in [0, 0.1) is 0 Å². The first-order chi connectivity index (χ1) is 8.12. The van der Waals surface area contributed by atoms with Crippen LogP contribution in [-0.2, 0) is 14.6 Å². The molecule has 102 valence electrons. The molecule has 0 radical (unpaired) electrons. The monoisotopic (exact) mass is 296 g/mol. The Morgan fingerprint density at radius 2 is 1.94 bits per heavy atom. The first-order valence-corrected chi connectivity index (χ1v) is 8.03. The number of hydrogen-bond donors (Lipinski definition) is 5. The van der Waals surface area contributed by atoms with Gasteiger partial charge in [-0.2, -0.15) is 0 Å². The predicted octanol–water partition coefficient (Wildman–Crippen LogP) is -0.570. The molecule has 0 aliphatic carbocycles. The molecule has 0 fully saturated rings. The van der Waals surface area contributed by atoms with Crippen molar-refractivity contribution in [2.24, 2.45) is 0 Å². The van der Waals surface area contributed by atoms with Crippen LogP contribution in [0.5, 0.6) is 5.75 Å². The lowest BCUT2D eigenvalue weighted by molar-refractivity contribution is 0.373. The molecule has 8 nitrogen and oxygen atoms in total. The second-order valence-corrected chi connectivity index (χ2v) is 7.05. The Morgan fingerprint density at radius 3 is 2.44 bits per heavy atom. The van der Waals surface area contributed by atoms with Crippen LogP contribution < -0.4 is 10.5 Å². The maximum atomic E-state index is 11.7. The summed E-state index contributed by atoms with van der Waals surface area (Å²) in [6, 6.07) is 3.30. The molecule has 0 spiro atoms. The van der Waals surface area contributed by atoms with Crippen LogP contribution in [0.15, 0.2) is 23.1 Å². The highest BCUT2D eigenvalue weighted by atomic mass is 32.2. The molecule has 0 aliphatic rings. The molecule has 0 unspecified atom stereocenters. The number of benzene rings is 1. The number of nitrogens with two attached hydrogens (primary N) is 1. The molecule has 0 saturated carbocycles. The number of nitrogen functional groups attached to an aromatic ring is 1. The van der Waals surface area contributed by atoms with E-state index in [0.29, 0.717) is 0 Å². The average molecular weight is 296 g/mol. The zero-order valence-corrected chi connectivity index (χ0v) is 10.9.